The van der Waals surface area contributed by atoms with Crippen molar-refractivity contribution in [3.05, 3.63) is 12.7 Å². The minimum absolute atomic E-state index is 0.0223. The Balaban J connectivity index is 2.11. The van der Waals surface area contributed by atoms with Crippen LogP contribution < -0.4 is 5.73 Å². The number of unbranched alkanes of at least 4 members (excludes halogenated alkanes) is 4. The molecule has 0 saturated carbocycles. The van der Waals surface area contributed by atoms with Gasteiger partial charge in [-0.25, -0.2) is 15.0 Å². The van der Waals surface area contributed by atoms with Crippen LogP contribution in [0.4, 0.5) is 5.82 Å². The van der Waals surface area contributed by atoms with Crippen LogP contribution in [0.25, 0.3) is 11.2 Å². The Labute approximate surface area is 125 Å². The van der Waals surface area contributed by atoms with Crippen LogP contribution >= 0.6 is 0 Å². The zero-order valence-corrected chi connectivity index (χ0v) is 12.9. The molecule has 0 radical (unpaired) electrons. The number of rotatable bonds is 8. The molecule has 2 atom stereocenters. The van der Waals surface area contributed by atoms with Crippen molar-refractivity contribution >= 4 is 17.0 Å². The lowest BCUT2D eigenvalue weighted by molar-refractivity contribution is 0.124. The number of imidazole rings is 1. The molecule has 2 aromatic rings. The van der Waals surface area contributed by atoms with Gasteiger partial charge in [0.05, 0.1) is 18.5 Å². The van der Waals surface area contributed by atoms with E-state index in [0.717, 1.165) is 12.8 Å². The number of hydrogen-bond acceptors (Lipinski definition) is 5. The van der Waals surface area contributed by atoms with Crippen molar-refractivity contribution in [1.29, 1.82) is 0 Å². The highest BCUT2D eigenvalue weighted by molar-refractivity contribution is 5.81. The lowest BCUT2D eigenvalue weighted by atomic mass is 10.0. The fourth-order valence-electron chi connectivity index (χ4n) is 2.68. The zero-order valence-electron chi connectivity index (χ0n) is 12.9. The molecule has 21 heavy (non-hydrogen) atoms. The number of aromatic nitrogens is 4. The molecule has 0 amide bonds. The average molecular weight is 291 g/mol. The summed E-state index contributed by atoms with van der Waals surface area (Å²) in [5.74, 6) is 0.381. The quantitative estimate of drug-likeness (QED) is 0.730. The Morgan fingerprint density at radius 3 is 2.67 bits per heavy atom. The number of aliphatic hydroxyl groups excluding tert-OH is 1. The minimum atomic E-state index is -0.454. The van der Waals surface area contributed by atoms with E-state index >= 15 is 0 Å². The third-order valence-electron chi connectivity index (χ3n) is 3.90. The predicted molar refractivity (Wildman–Crippen MR) is 83.8 cm³/mol. The molecule has 3 N–H and O–H groups in total. The molecule has 116 valence electrons. The fourth-order valence-corrected chi connectivity index (χ4v) is 2.68. The molecule has 0 bridgehead atoms. The molecule has 0 aliphatic carbocycles. The first-order chi connectivity index (χ1) is 10.1. The summed E-state index contributed by atoms with van der Waals surface area (Å²) >= 11 is 0. The van der Waals surface area contributed by atoms with E-state index in [2.05, 4.69) is 21.9 Å². The maximum absolute atomic E-state index is 10.1. The van der Waals surface area contributed by atoms with Gasteiger partial charge in [-0.3, -0.25) is 0 Å². The summed E-state index contributed by atoms with van der Waals surface area (Å²) in [6.07, 6.45) is 9.66. The Hall–Kier alpha value is -1.69. The largest absolute Gasteiger partial charge is 0.391 e. The third kappa shape index (κ3) is 3.69. The topological polar surface area (TPSA) is 89.8 Å². The van der Waals surface area contributed by atoms with Crippen LogP contribution in [0.1, 0.15) is 58.4 Å². The molecule has 0 unspecified atom stereocenters. The van der Waals surface area contributed by atoms with E-state index < -0.39 is 6.10 Å². The monoisotopic (exact) mass is 291 g/mol. The van der Waals surface area contributed by atoms with Crippen LogP contribution in [0.3, 0.4) is 0 Å². The van der Waals surface area contributed by atoms with Crippen molar-refractivity contribution < 1.29 is 5.11 Å². The van der Waals surface area contributed by atoms with E-state index in [4.69, 9.17) is 5.73 Å². The summed E-state index contributed by atoms with van der Waals surface area (Å²) in [6.45, 7) is 4.02. The number of anilines is 1. The van der Waals surface area contributed by atoms with Crippen molar-refractivity contribution in [1.82, 2.24) is 19.5 Å². The standard InChI is InChI=1S/C15H25N5O/c1-3-4-5-6-7-8-12(11(2)21)20-10-19-13-14(16)17-9-18-15(13)20/h9-12,21H,3-8H2,1-2H3,(H2,16,17,18)/t11-,12+/m1/s1. The molecule has 0 aromatic carbocycles. The smallest absolute Gasteiger partial charge is 0.165 e. The Morgan fingerprint density at radius 1 is 1.19 bits per heavy atom. The molecule has 0 fully saturated rings. The summed E-state index contributed by atoms with van der Waals surface area (Å²) in [5.41, 5.74) is 7.11. The van der Waals surface area contributed by atoms with Gasteiger partial charge in [0.25, 0.3) is 0 Å². The molecule has 0 aliphatic heterocycles. The number of fused-ring (bicyclic) bond motifs is 1. The number of nitrogen functional groups attached to an aromatic ring is 1. The predicted octanol–water partition coefficient (Wildman–Crippen LogP) is 2.69. The van der Waals surface area contributed by atoms with Crippen LogP contribution in [0.5, 0.6) is 0 Å². The molecule has 2 aromatic heterocycles. The second-order valence-electron chi connectivity index (χ2n) is 5.59. The molecule has 2 rings (SSSR count). The van der Waals surface area contributed by atoms with Gasteiger partial charge in [-0.1, -0.05) is 39.0 Å². The van der Waals surface area contributed by atoms with Crippen LogP contribution in [0.15, 0.2) is 12.7 Å². The van der Waals surface area contributed by atoms with Crippen LogP contribution in [0.2, 0.25) is 0 Å². The first kappa shape index (κ1) is 15.7. The van der Waals surface area contributed by atoms with E-state index in [-0.39, 0.29) is 6.04 Å². The number of nitrogens with zero attached hydrogens (tertiary/aromatic N) is 4. The Morgan fingerprint density at radius 2 is 1.95 bits per heavy atom. The van der Waals surface area contributed by atoms with Crippen molar-refractivity contribution in [2.75, 3.05) is 5.73 Å². The van der Waals surface area contributed by atoms with Gasteiger partial charge in [0.15, 0.2) is 11.5 Å². The summed E-state index contributed by atoms with van der Waals surface area (Å²) in [7, 11) is 0. The number of hydrogen-bond donors (Lipinski definition) is 2. The molecule has 2 heterocycles. The van der Waals surface area contributed by atoms with Gasteiger partial charge in [0.2, 0.25) is 0 Å². The lowest BCUT2D eigenvalue weighted by Gasteiger charge is -2.21. The number of nitrogens with two attached hydrogens (primary N) is 1. The third-order valence-corrected chi connectivity index (χ3v) is 3.90. The molecule has 0 aliphatic rings. The normalized spacial score (nSPS) is 14.4. The molecular weight excluding hydrogens is 266 g/mol. The van der Waals surface area contributed by atoms with Crippen LogP contribution in [0, 0.1) is 0 Å². The van der Waals surface area contributed by atoms with E-state index in [1.165, 1.54) is 32.0 Å². The number of aliphatic hydroxyl groups is 1. The molecule has 6 heteroatoms. The van der Waals surface area contributed by atoms with Gasteiger partial charge in [-0.2, -0.15) is 0 Å². The molecule has 6 nitrogen and oxygen atoms in total. The van der Waals surface area contributed by atoms with Crippen LogP contribution in [-0.4, -0.2) is 30.7 Å². The maximum Gasteiger partial charge on any atom is 0.165 e. The van der Waals surface area contributed by atoms with Crippen molar-refractivity contribution in [3.8, 4) is 0 Å². The second-order valence-corrected chi connectivity index (χ2v) is 5.59. The molecule has 0 spiro atoms. The van der Waals surface area contributed by atoms with Crippen molar-refractivity contribution in [2.45, 2.75) is 64.5 Å². The van der Waals surface area contributed by atoms with Crippen LogP contribution in [-0.2, 0) is 0 Å². The van der Waals surface area contributed by atoms with Gasteiger partial charge in [-0.05, 0) is 13.3 Å². The minimum Gasteiger partial charge on any atom is -0.391 e. The summed E-state index contributed by atoms with van der Waals surface area (Å²) in [5, 5.41) is 10.1. The Bertz CT molecular complexity index is 566. The van der Waals surface area contributed by atoms with Gasteiger partial charge in [-0.15, -0.1) is 0 Å². The summed E-state index contributed by atoms with van der Waals surface area (Å²) < 4.78 is 1.93. The average Bonchev–Trinajstić information content (AvgIpc) is 2.88. The first-order valence-electron chi connectivity index (χ1n) is 7.76. The first-order valence-corrected chi connectivity index (χ1v) is 7.76. The Kier molecular flexibility index (Phi) is 5.50. The van der Waals surface area contributed by atoms with Gasteiger partial charge in [0, 0.05) is 0 Å². The zero-order chi connectivity index (χ0) is 15.2. The second kappa shape index (κ2) is 7.36. The highest BCUT2D eigenvalue weighted by Gasteiger charge is 2.20. The molecule has 0 saturated heterocycles. The van der Waals surface area contributed by atoms with E-state index in [0.29, 0.717) is 17.0 Å². The maximum atomic E-state index is 10.1. The highest BCUT2D eigenvalue weighted by atomic mass is 16.3. The highest BCUT2D eigenvalue weighted by Crippen LogP contribution is 2.25. The summed E-state index contributed by atoms with van der Waals surface area (Å²) in [6, 6.07) is -0.0223. The fraction of sp³-hybridized carbons (Fsp3) is 0.667. The van der Waals surface area contributed by atoms with Crippen molar-refractivity contribution in [3.63, 3.8) is 0 Å². The molecular formula is C15H25N5O. The van der Waals surface area contributed by atoms with Gasteiger partial charge in [0.1, 0.15) is 11.8 Å². The SMILES string of the molecule is CCCCCCC[C@@H]([C@@H](C)O)n1cnc2c(N)ncnc21. The van der Waals surface area contributed by atoms with Gasteiger partial charge >= 0.3 is 0 Å². The van der Waals surface area contributed by atoms with Gasteiger partial charge < -0.3 is 15.4 Å². The lowest BCUT2D eigenvalue weighted by Crippen LogP contribution is -2.21. The van der Waals surface area contributed by atoms with E-state index in [1.54, 1.807) is 6.33 Å². The van der Waals surface area contributed by atoms with E-state index in [9.17, 15) is 5.11 Å². The van der Waals surface area contributed by atoms with Crippen molar-refractivity contribution in [2.24, 2.45) is 0 Å². The van der Waals surface area contributed by atoms with E-state index in [1.807, 2.05) is 11.5 Å². The summed E-state index contributed by atoms with van der Waals surface area (Å²) in [4.78, 5) is 12.5.